The molecule has 2 aromatic rings. The van der Waals surface area contributed by atoms with Gasteiger partial charge in [0.05, 0.1) is 16.8 Å². The second kappa shape index (κ2) is 7.18. The van der Waals surface area contributed by atoms with E-state index in [9.17, 15) is 0 Å². The number of nitrogens with one attached hydrogen (secondary N) is 1. The number of hydrogen-bond donors (Lipinski definition) is 1. The Morgan fingerprint density at radius 2 is 1.85 bits per heavy atom. The summed E-state index contributed by atoms with van der Waals surface area (Å²) in [6, 6.07) is 14.1. The molecule has 0 spiro atoms. The van der Waals surface area contributed by atoms with Gasteiger partial charge in [0, 0.05) is 10.1 Å². The number of halogens is 2. The van der Waals surface area contributed by atoms with Crippen LogP contribution in [0.5, 0.6) is 5.75 Å². The van der Waals surface area contributed by atoms with Gasteiger partial charge in [0.15, 0.2) is 0 Å². The highest BCUT2D eigenvalue weighted by atomic mass is 127. The van der Waals surface area contributed by atoms with Gasteiger partial charge in [0.25, 0.3) is 0 Å². The summed E-state index contributed by atoms with van der Waals surface area (Å²) < 4.78 is 6.75. The van der Waals surface area contributed by atoms with E-state index < -0.39 is 0 Å². The number of rotatable bonds is 5. The summed E-state index contributed by atoms with van der Waals surface area (Å²) in [5.74, 6) is 0.899. The smallest absolute Gasteiger partial charge is 0.119 e. The zero-order valence-electron chi connectivity index (χ0n) is 11.5. The topological polar surface area (TPSA) is 21.3 Å². The molecule has 0 atom stereocenters. The average molecular weight is 402 g/mol. The molecule has 2 rings (SSSR count). The van der Waals surface area contributed by atoms with E-state index >= 15 is 0 Å². The summed E-state index contributed by atoms with van der Waals surface area (Å²) in [6.07, 6.45) is 0.199. The van der Waals surface area contributed by atoms with Crippen LogP contribution in [-0.4, -0.2) is 6.10 Å². The van der Waals surface area contributed by atoms with E-state index in [2.05, 4.69) is 40.0 Å². The fraction of sp³-hybridized carbons (Fsp3) is 0.250. The molecule has 1 N–H and O–H groups in total. The molecule has 0 aliphatic carbocycles. The molecular weight excluding hydrogens is 385 g/mol. The Labute approximate surface area is 138 Å². The van der Waals surface area contributed by atoms with Crippen molar-refractivity contribution >= 4 is 39.9 Å². The highest BCUT2D eigenvalue weighted by Gasteiger charge is 2.02. The number of ether oxygens (including phenoxy) is 1. The van der Waals surface area contributed by atoms with Crippen molar-refractivity contribution in [1.82, 2.24) is 0 Å². The molecule has 4 heteroatoms. The third kappa shape index (κ3) is 4.56. The lowest BCUT2D eigenvalue weighted by molar-refractivity contribution is 0.242. The molecule has 0 aliphatic rings. The van der Waals surface area contributed by atoms with Gasteiger partial charge in [0.1, 0.15) is 5.75 Å². The van der Waals surface area contributed by atoms with Crippen LogP contribution in [0.1, 0.15) is 19.4 Å². The van der Waals surface area contributed by atoms with Crippen molar-refractivity contribution in [1.29, 1.82) is 0 Å². The van der Waals surface area contributed by atoms with Crippen LogP contribution in [0.25, 0.3) is 0 Å². The summed E-state index contributed by atoms with van der Waals surface area (Å²) in [7, 11) is 0. The quantitative estimate of drug-likeness (QED) is 0.683. The molecule has 0 heterocycles. The van der Waals surface area contributed by atoms with Gasteiger partial charge in [-0.15, -0.1) is 0 Å². The van der Waals surface area contributed by atoms with Crippen molar-refractivity contribution < 1.29 is 4.74 Å². The van der Waals surface area contributed by atoms with Crippen molar-refractivity contribution in [2.24, 2.45) is 0 Å². The Balaban J connectivity index is 1.96. The fourth-order valence-corrected chi connectivity index (χ4v) is 2.71. The first kappa shape index (κ1) is 15.4. The monoisotopic (exact) mass is 401 g/mol. The molecule has 0 aliphatic heterocycles. The van der Waals surface area contributed by atoms with Gasteiger partial charge in [-0.25, -0.2) is 0 Å². The fourth-order valence-electron chi connectivity index (χ4n) is 1.79. The lowest BCUT2D eigenvalue weighted by atomic mass is 10.2. The molecule has 0 saturated carbocycles. The Hall–Kier alpha value is -0.940. The van der Waals surface area contributed by atoms with Gasteiger partial charge in [-0.05, 0) is 72.3 Å². The number of hydrogen-bond acceptors (Lipinski definition) is 2. The van der Waals surface area contributed by atoms with Crippen LogP contribution in [0.2, 0.25) is 5.02 Å². The van der Waals surface area contributed by atoms with Gasteiger partial charge in [0.2, 0.25) is 0 Å². The van der Waals surface area contributed by atoms with Gasteiger partial charge in [-0.3, -0.25) is 0 Å². The Morgan fingerprint density at radius 3 is 2.45 bits per heavy atom. The van der Waals surface area contributed by atoms with Crippen LogP contribution in [0, 0.1) is 3.57 Å². The molecule has 0 unspecified atom stereocenters. The molecule has 2 aromatic carbocycles. The third-order valence-electron chi connectivity index (χ3n) is 2.71. The molecule has 0 radical (unpaired) electrons. The highest BCUT2D eigenvalue weighted by molar-refractivity contribution is 14.1. The van der Waals surface area contributed by atoms with E-state index in [1.807, 2.05) is 44.2 Å². The van der Waals surface area contributed by atoms with Crippen molar-refractivity contribution in [3.63, 3.8) is 0 Å². The summed E-state index contributed by atoms with van der Waals surface area (Å²) in [5, 5.41) is 4.09. The first-order chi connectivity index (χ1) is 9.54. The van der Waals surface area contributed by atoms with Crippen LogP contribution in [0.15, 0.2) is 42.5 Å². The minimum Gasteiger partial charge on any atom is -0.491 e. The number of benzene rings is 2. The van der Waals surface area contributed by atoms with Crippen LogP contribution >= 0.6 is 34.2 Å². The predicted molar refractivity (Wildman–Crippen MR) is 93.7 cm³/mol. The minimum atomic E-state index is 0.199. The van der Waals surface area contributed by atoms with E-state index in [1.165, 1.54) is 5.56 Å². The molecule has 0 bridgehead atoms. The molecule has 106 valence electrons. The van der Waals surface area contributed by atoms with Gasteiger partial charge in [-0.2, -0.15) is 0 Å². The Bertz CT molecular complexity index is 569. The predicted octanol–water partition coefficient (Wildman–Crippen LogP) is 5.34. The lowest BCUT2D eigenvalue weighted by Crippen LogP contribution is -2.05. The van der Waals surface area contributed by atoms with E-state index in [0.717, 1.165) is 26.6 Å². The first-order valence-corrected chi connectivity index (χ1v) is 7.95. The van der Waals surface area contributed by atoms with Crippen LogP contribution in [0.3, 0.4) is 0 Å². The third-order valence-corrected chi connectivity index (χ3v) is 3.69. The van der Waals surface area contributed by atoms with E-state index in [0.29, 0.717) is 0 Å². The summed E-state index contributed by atoms with van der Waals surface area (Å²) in [5.41, 5.74) is 2.14. The van der Waals surface area contributed by atoms with E-state index in [4.69, 9.17) is 16.3 Å². The largest absolute Gasteiger partial charge is 0.491 e. The molecule has 20 heavy (non-hydrogen) atoms. The second-order valence-corrected chi connectivity index (χ2v) is 6.44. The minimum absolute atomic E-state index is 0.199. The summed E-state index contributed by atoms with van der Waals surface area (Å²) in [6.45, 7) is 4.78. The maximum Gasteiger partial charge on any atom is 0.119 e. The zero-order valence-corrected chi connectivity index (χ0v) is 14.4. The number of anilines is 1. The first-order valence-electron chi connectivity index (χ1n) is 6.49. The molecule has 0 saturated heterocycles. The maximum atomic E-state index is 6.19. The van der Waals surface area contributed by atoms with Gasteiger partial charge >= 0.3 is 0 Å². The van der Waals surface area contributed by atoms with Crippen molar-refractivity contribution in [2.45, 2.75) is 26.5 Å². The molecule has 0 aromatic heterocycles. The normalized spacial score (nSPS) is 10.7. The Morgan fingerprint density at radius 1 is 1.15 bits per heavy atom. The summed E-state index contributed by atoms with van der Waals surface area (Å²) >= 11 is 8.44. The molecule has 0 fully saturated rings. The van der Waals surface area contributed by atoms with Crippen LogP contribution in [-0.2, 0) is 6.54 Å². The lowest BCUT2D eigenvalue weighted by Gasteiger charge is -2.11. The standard InChI is InChI=1S/C16H17ClINO/c1-11(2)20-14-6-3-12(4-7-14)10-19-16-8-5-13(18)9-15(16)17/h3-9,11,19H,10H2,1-2H3. The highest BCUT2D eigenvalue weighted by Crippen LogP contribution is 2.24. The van der Waals surface area contributed by atoms with Crippen LogP contribution in [0.4, 0.5) is 5.69 Å². The Kier molecular flexibility index (Phi) is 5.54. The van der Waals surface area contributed by atoms with Gasteiger partial charge < -0.3 is 10.1 Å². The van der Waals surface area contributed by atoms with Crippen molar-refractivity contribution in [3.8, 4) is 5.75 Å². The SMILES string of the molecule is CC(C)Oc1ccc(CNc2ccc(I)cc2Cl)cc1. The molecule has 0 amide bonds. The van der Waals surface area contributed by atoms with Crippen molar-refractivity contribution in [2.75, 3.05) is 5.32 Å². The molecule has 2 nitrogen and oxygen atoms in total. The molecular formula is C16H17ClINO. The maximum absolute atomic E-state index is 6.19. The van der Waals surface area contributed by atoms with E-state index in [1.54, 1.807) is 0 Å². The average Bonchev–Trinajstić information content (AvgIpc) is 2.39. The summed E-state index contributed by atoms with van der Waals surface area (Å²) in [4.78, 5) is 0. The zero-order chi connectivity index (χ0) is 14.5. The van der Waals surface area contributed by atoms with E-state index in [-0.39, 0.29) is 6.10 Å². The van der Waals surface area contributed by atoms with Crippen LogP contribution < -0.4 is 10.1 Å². The van der Waals surface area contributed by atoms with Gasteiger partial charge in [-0.1, -0.05) is 23.7 Å². The second-order valence-electron chi connectivity index (χ2n) is 4.79. The van der Waals surface area contributed by atoms with Crippen molar-refractivity contribution in [3.05, 3.63) is 56.6 Å².